The highest BCUT2D eigenvalue weighted by Crippen LogP contribution is 2.24. The van der Waals surface area contributed by atoms with Gasteiger partial charge < -0.3 is 15.4 Å². The molecule has 0 unspecified atom stereocenters. The smallest absolute Gasteiger partial charge is 0.251 e. The third-order valence-corrected chi connectivity index (χ3v) is 4.23. The van der Waals surface area contributed by atoms with Gasteiger partial charge in [0.2, 0.25) is 0 Å². The van der Waals surface area contributed by atoms with E-state index in [2.05, 4.69) is 21.7 Å². The number of ether oxygens (including phenoxy) is 1. The molecule has 1 heterocycles. The van der Waals surface area contributed by atoms with Gasteiger partial charge in [0.15, 0.2) is 0 Å². The molecule has 0 bridgehead atoms. The second-order valence-corrected chi connectivity index (χ2v) is 6.33. The van der Waals surface area contributed by atoms with Crippen molar-refractivity contribution in [2.75, 3.05) is 25.0 Å². The number of nitrogens with zero attached hydrogens (tertiary/aromatic N) is 2. The molecule has 0 spiro atoms. The second-order valence-electron chi connectivity index (χ2n) is 6.33. The fourth-order valence-electron chi connectivity index (χ4n) is 2.79. The van der Waals surface area contributed by atoms with E-state index in [0.717, 1.165) is 22.2 Å². The Balaban J connectivity index is 1.63. The number of nitriles is 1. The number of carbonyl (C=O) groups excluding carboxylic acids is 1. The van der Waals surface area contributed by atoms with Crippen molar-refractivity contribution in [1.82, 2.24) is 10.3 Å². The van der Waals surface area contributed by atoms with Crippen LogP contribution in [0.2, 0.25) is 0 Å². The summed E-state index contributed by atoms with van der Waals surface area (Å²) >= 11 is 0. The van der Waals surface area contributed by atoms with Crippen molar-refractivity contribution in [3.8, 4) is 11.8 Å². The number of aryl methyl sites for hydroxylation is 1. The largest absolute Gasteiger partial charge is 0.494 e. The summed E-state index contributed by atoms with van der Waals surface area (Å²) in [6.07, 6.45) is 0. The minimum absolute atomic E-state index is 0.128. The average Bonchev–Trinajstić information content (AvgIpc) is 2.71. The Bertz CT molecular complexity index is 1020. The van der Waals surface area contributed by atoms with Gasteiger partial charge in [0.05, 0.1) is 17.7 Å². The van der Waals surface area contributed by atoms with Crippen molar-refractivity contribution >= 4 is 22.6 Å². The van der Waals surface area contributed by atoms with E-state index < -0.39 is 0 Å². The van der Waals surface area contributed by atoms with Crippen molar-refractivity contribution in [3.05, 3.63) is 65.2 Å². The van der Waals surface area contributed by atoms with Gasteiger partial charge in [-0.3, -0.25) is 4.79 Å². The molecule has 6 heteroatoms. The first kappa shape index (κ1) is 19.2. The van der Waals surface area contributed by atoms with Crippen LogP contribution in [0.15, 0.2) is 48.5 Å². The number of hydrogen-bond donors (Lipinski definition) is 2. The van der Waals surface area contributed by atoms with Gasteiger partial charge in [-0.25, -0.2) is 4.98 Å². The van der Waals surface area contributed by atoms with E-state index >= 15 is 0 Å². The van der Waals surface area contributed by atoms with Crippen LogP contribution in [0.1, 0.15) is 28.4 Å². The predicted molar refractivity (Wildman–Crippen MR) is 110 cm³/mol. The van der Waals surface area contributed by atoms with E-state index in [1.54, 1.807) is 18.2 Å². The molecule has 1 aromatic heterocycles. The van der Waals surface area contributed by atoms with Crippen molar-refractivity contribution in [2.24, 2.45) is 0 Å². The Morgan fingerprint density at radius 1 is 1.14 bits per heavy atom. The predicted octanol–water partition coefficient (Wildman–Crippen LogP) is 3.66. The molecule has 0 aliphatic carbocycles. The van der Waals surface area contributed by atoms with Crippen LogP contribution in [0.3, 0.4) is 0 Å². The molecule has 2 aromatic carbocycles. The maximum absolute atomic E-state index is 12.1. The van der Waals surface area contributed by atoms with Gasteiger partial charge in [-0.1, -0.05) is 17.7 Å². The quantitative estimate of drug-likeness (QED) is 0.616. The van der Waals surface area contributed by atoms with Gasteiger partial charge in [0.25, 0.3) is 5.91 Å². The molecule has 0 aliphatic heterocycles. The molecule has 28 heavy (non-hydrogen) atoms. The van der Waals surface area contributed by atoms with Crippen LogP contribution in [0.5, 0.6) is 5.75 Å². The summed E-state index contributed by atoms with van der Waals surface area (Å²) in [7, 11) is 0. The van der Waals surface area contributed by atoms with Crippen molar-refractivity contribution in [1.29, 1.82) is 5.26 Å². The SMILES string of the molecule is CCOc1ccc2nc(NCCNC(=O)c3ccc(C)cc3)c(C#N)cc2c1. The lowest BCUT2D eigenvalue weighted by atomic mass is 10.1. The summed E-state index contributed by atoms with van der Waals surface area (Å²) in [4.78, 5) is 16.7. The monoisotopic (exact) mass is 374 g/mol. The molecule has 3 rings (SSSR count). The van der Waals surface area contributed by atoms with Gasteiger partial charge in [0.1, 0.15) is 17.6 Å². The number of benzene rings is 2. The summed E-state index contributed by atoms with van der Waals surface area (Å²) in [5.41, 5.74) is 2.95. The van der Waals surface area contributed by atoms with Crippen LogP contribution < -0.4 is 15.4 Å². The lowest BCUT2D eigenvalue weighted by Crippen LogP contribution is -2.29. The number of pyridine rings is 1. The lowest BCUT2D eigenvalue weighted by Gasteiger charge is -2.11. The zero-order valence-corrected chi connectivity index (χ0v) is 16.0. The Kier molecular flexibility index (Phi) is 6.07. The highest BCUT2D eigenvalue weighted by Gasteiger charge is 2.08. The van der Waals surface area contributed by atoms with Gasteiger partial charge in [0, 0.05) is 24.0 Å². The molecular formula is C22H22N4O2. The fourth-order valence-corrected chi connectivity index (χ4v) is 2.79. The molecule has 2 N–H and O–H groups in total. The first-order valence-corrected chi connectivity index (χ1v) is 9.17. The van der Waals surface area contributed by atoms with Crippen LogP contribution in [-0.2, 0) is 0 Å². The van der Waals surface area contributed by atoms with Crippen molar-refractivity contribution in [3.63, 3.8) is 0 Å². The molecule has 0 radical (unpaired) electrons. The molecule has 3 aromatic rings. The minimum Gasteiger partial charge on any atom is -0.494 e. The number of amides is 1. The topological polar surface area (TPSA) is 87.0 Å². The van der Waals surface area contributed by atoms with Gasteiger partial charge >= 0.3 is 0 Å². The van der Waals surface area contributed by atoms with Crippen LogP contribution >= 0.6 is 0 Å². The van der Waals surface area contributed by atoms with Crippen LogP contribution in [0.25, 0.3) is 10.9 Å². The summed E-state index contributed by atoms with van der Waals surface area (Å²) in [6, 6.07) is 17.0. The van der Waals surface area contributed by atoms with Gasteiger partial charge in [-0.15, -0.1) is 0 Å². The summed E-state index contributed by atoms with van der Waals surface area (Å²) in [5, 5.41) is 16.3. The minimum atomic E-state index is -0.128. The molecule has 0 atom stereocenters. The van der Waals surface area contributed by atoms with E-state index in [-0.39, 0.29) is 5.91 Å². The number of carbonyl (C=O) groups is 1. The number of anilines is 1. The molecule has 0 fully saturated rings. The average molecular weight is 374 g/mol. The maximum Gasteiger partial charge on any atom is 0.251 e. The third-order valence-electron chi connectivity index (χ3n) is 4.23. The standard InChI is InChI=1S/C22H22N4O2/c1-3-28-19-8-9-20-17(13-19)12-18(14-23)21(26-20)24-10-11-25-22(27)16-6-4-15(2)5-7-16/h4-9,12-13H,3,10-11H2,1-2H3,(H,24,26)(H,25,27). The Morgan fingerprint density at radius 2 is 1.93 bits per heavy atom. The van der Waals surface area contributed by atoms with Gasteiger partial charge in [-0.05, 0) is 50.2 Å². The van der Waals surface area contributed by atoms with Gasteiger partial charge in [-0.2, -0.15) is 5.26 Å². The first-order valence-electron chi connectivity index (χ1n) is 9.17. The number of aromatic nitrogens is 1. The molecule has 142 valence electrons. The van der Waals surface area contributed by atoms with E-state index in [1.807, 2.05) is 44.2 Å². The fraction of sp³-hybridized carbons (Fsp3) is 0.227. The number of hydrogen-bond acceptors (Lipinski definition) is 5. The normalized spacial score (nSPS) is 10.3. The highest BCUT2D eigenvalue weighted by molar-refractivity contribution is 5.94. The Hall–Kier alpha value is -3.59. The zero-order valence-electron chi connectivity index (χ0n) is 16.0. The molecule has 0 aliphatic rings. The van der Waals surface area contributed by atoms with Crippen LogP contribution in [0, 0.1) is 18.3 Å². The number of fused-ring (bicyclic) bond motifs is 1. The van der Waals surface area contributed by atoms with Crippen molar-refractivity contribution in [2.45, 2.75) is 13.8 Å². The van der Waals surface area contributed by atoms with Crippen LogP contribution in [0.4, 0.5) is 5.82 Å². The molecule has 0 saturated heterocycles. The third kappa shape index (κ3) is 4.57. The maximum atomic E-state index is 12.1. The summed E-state index contributed by atoms with van der Waals surface area (Å²) < 4.78 is 5.50. The number of rotatable bonds is 7. The van der Waals surface area contributed by atoms with E-state index in [0.29, 0.717) is 36.6 Å². The zero-order chi connectivity index (χ0) is 19.9. The second kappa shape index (κ2) is 8.87. The lowest BCUT2D eigenvalue weighted by molar-refractivity contribution is 0.0955. The van der Waals surface area contributed by atoms with E-state index in [4.69, 9.17) is 4.74 Å². The Labute approximate surface area is 164 Å². The summed E-state index contributed by atoms with van der Waals surface area (Å²) in [6.45, 7) is 5.36. The molecule has 6 nitrogen and oxygen atoms in total. The molecule has 1 amide bonds. The van der Waals surface area contributed by atoms with E-state index in [9.17, 15) is 10.1 Å². The van der Waals surface area contributed by atoms with Crippen LogP contribution in [-0.4, -0.2) is 30.6 Å². The van der Waals surface area contributed by atoms with E-state index in [1.165, 1.54) is 0 Å². The Morgan fingerprint density at radius 3 is 2.64 bits per heavy atom. The first-order chi connectivity index (χ1) is 13.6. The highest BCUT2D eigenvalue weighted by atomic mass is 16.5. The number of nitrogens with one attached hydrogen (secondary N) is 2. The van der Waals surface area contributed by atoms with Crippen molar-refractivity contribution < 1.29 is 9.53 Å². The molecular weight excluding hydrogens is 352 g/mol. The molecule has 0 saturated carbocycles. The summed E-state index contributed by atoms with van der Waals surface area (Å²) in [5.74, 6) is 1.13.